The Balaban J connectivity index is 1.60. The Morgan fingerprint density at radius 3 is 2.55 bits per heavy atom. The third-order valence-electron chi connectivity index (χ3n) is 5.25. The standard InChI is InChI=1S/C24H17BrFN3OS/c25-18-14-15(26)9-10-17(18)20-11-12-21(30-20)23-22(19-8-4-5-13-27-19)28-24(31)29(23)16-6-2-1-3-7-16/h1-14,22-23H,(H,28,31)/t22-,23+/m1/s1. The van der Waals surface area contributed by atoms with Crippen LogP contribution in [0.3, 0.4) is 0 Å². The van der Waals surface area contributed by atoms with Crippen LogP contribution in [0.1, 0.15) is 23.5 Å². The van der Waals surface area contributed by atoms with Gasteiger partial charge in [0, 0.05) is 21.9 Å². The Hall–Kier alpha value is -3.03. The van der Waals surface area contributed by atoms with Crippen molar-refractivity contribution in [2.45, 2.75) is 12.1 Å². The maximum Gasteiger partial charge on any atom is 0.174 e. The van der Waals surface area contributed by atoms with Crippen molar-refractivity contribution in [1.29, 1.82) is 0 Å². The smallest absolute Gasteiger partial charge is 0.174 e. The summed E-state index contributed by atoms with van der Waals surface area (Å²) >= 11 is 9.14. The Labute approximate surface area is 192 Å². The van der Waals surface area contributed by atoms with Gasteiger partial charge in [-0.1, -0.05) is 24.3 Å². The molecule has 0 saturated carbocycles. The van der Waals surface area contributed by atoms with Crippen LogP contribution in [0.5, 0.6) is 0 Å². The Kier molecular flexibility index (Phi) is 5.29. The number of thiocarbonyl (C=S) groups is 1. The Morgan fingerprint density at radius 2 is 1.81 bits per heavy atom. The summed E-state index contributed by atoms with van der Waals surface area (Å²) in [6, 6.07) is 23.7. The number of pyridine rings is 1. The van der Waals surface area contributed by atoms with Crippen LogP contribution in [0, 0.1) is 5.82 Å². The second-order valence-corrected chi connectivity index (χ2v) is 8.40. The van der Waals surface area contributed by atoms with Crippen molar-refractivity contribution in [2.75, 3.05) is 4.90 Å². The van der Waals surface area contributed by atoms with E-state index in [0.717, 1.165) is 22.7 Å². The molecule has 4 aromatic rings. The van der Waals surface area contributed by atoms with Crippen molar-refractivity contribution >= 4 is 38.9 Å². The number of halogens is 2. The molecule has 31 heavy (non-hydrogen) atoms. The van der Waals surface area contributed by atoms with Gasteiger partial charge in [-0.2, -0.15) is 0 Å². The van der Waals surface area contributed by atoms with Gasteiger partial charge < -0.3 is 14.6 Å². The number of anilines is 1. The molecule has 5 rings (SSSR count). The molecule has 0 aliphatic carbocycles. The fourth-order valence-electron chi connectivity index (χ4n) is 3.86. The van der Waals surface area contributed by atoms with Crippen LogP contribution < -0.4 is 10.2 Å². The lowest BCUT2D eigenvalue weighted by Gasteiger charge is -2.26. The zero-order valence-corrected chi connectivity index (χ0v) is 18.6. The number of para-hydroxylation sites is 1. The first-order chi connectivity index (χ1) is 15.1. The van der Waals surface area contributed by atoms with Gasteiger partial charge in [-0.25, -0.2) is 4.39 Å². The highest BCUT2D eigenvalue weighted by atomic mass is 79.9. The minimum Gasteiger partial charge on any atom is -0.459 e. The molecule has 2 atom stereocenters. The number of hydrogen-bond acceptors (Lipinski definition) is 3. The van der Waals surface area contributed by atoms with Gasteiger partial charge in [-0.05, 0) is 82.7 Å². The number of benzene rings is 2. The van der Waals surface area contributed by atoms with Crippen LogP contribution in [0.4, 0.5) is 10.1 Å². The van der Waals surface area contributed by atoms with Crippen LogP contribution in [0.15, 0.2) is 93.9 Å². The molecule has 4 nitrogen and oxygen atoms in total. The monoisotopic (exact) mass is 493 g/mol. The maximum atomic E-state index is 13.5. The second-order valence-electron chi connectivity index (χ2n) is 7.16. The summed E-state index contributed by atoms with van der Waals surface area (Å²) in [6.07, 6.45) is 1.77. The number of hydrogen-bond donors (Lipinski definition) is 1. The Morgan fingerprint density at radius 1 is 1.00 bits per heavy atom. The lowest BCUT2D eigenvalue weighted by atomic mass is 10.0. The lowest BCUT2D eigenvalue weighted by Crippen LogP contribution is -2.29. The molecule has 0 unspecified atom stereocenters. The first kappa shape index (κ1) is 19.9. The molecular formula is C24H17BrFN3OS. The number of aromatic nitrogens is 1. The third kappa shape index (κ3) is 3.75. The fraction of sp³-hybridized carbons (Fsp3) is 0.0833. The van der Waals surface area contributed by atoms with E-state index >= 15 is 0 Å². The number of nitrogens with zero attached hydrogens (tertiary/aromatic N) is 2. The highest BCUT2D eigenvalue weighted by Crippen LogP contribution is 2.43. The van der Waals surface area contributed by atoms with Crippen LogP contribution >= 0.6 is 28.1 Å². The molecule has 0 radical (unpaired) electrons. The fourth-order valence-corrected chi connectivity index (χ4v) is 4.75. The SMILES string of the molecule is Fc1ccc(-c2ccc([C@H]3[C@@H](c4ccccn4)NC(=S)N3c3ccccc3)o2)c(Br)c1. The summed E-state index contributed by atoms with van der Waals surface area (Å²) in [5.74, 6) is 1.07. The van der Waals surface area contributed by atoms with Gasteiger partial charge in [0.2, 0.25) is 0 Å². The number of nitrogens with one attached hydrogen (secondary N) is 1. The van der Waals surface area contributed by atoms with E-state index in [-0.39, 0.29) is 17.9 Å². The molecule has 0 spiro atoms. The Bertz CT molecular complexity index is 1230. The summed E-state index contributed by atoms with van der Waals surface area (Å²) in [6.45, 7) is 0. The molecule has 7 heteroatoms. The zero-order chi connectivity index (χ0) is 21.4. The lowest BCUT2D eigenvalue weighted by molar-refractivity contribution is 0.439. The van der Waals surface area contributed by atoms with Crippen molar-refractivity contribution < 1.29 is 8.81 Å². The van der Waals surface area contributed by atoms with E-state index in [4.69, 9.17) is 16.6 Å². The molecule has 1 aliphatic rings. The summed E-state index contributed by atoms with van der Waals surface area (Å²) in [7, 11) is 0. The number of rotatable bonds is 4. The molecule has 0 bridgehead atoms. The van der Waals surface area contributed by atoms with Crippen molar-refractivity contribution in [2.24, 2.45) is 0 Å². The maximum absolute atomic E-state index is 13.5. The summed E-state index contributed by atoms with van der Waals surface area (Å²) in [5.41, 5.74) is 2.61. The highest BCUT2D eigenvalue weighted by molar-refractivity contribution is 9.10. The van der Waals surface area contributed by atoms with Crippen molar-refractivity contribution in [3.63, 3.8) is 0 Å². The summed E-state index contributed by atoms with van der Waals surface area (Å²) in [5, 5.41) is 4.02. The van der Waals surface area contributed by atoms with Crippen LogP contribution in [0.2, 0.25) is 0 Å². The van der Waals surface area contributed by atoms with Gasteiger partial charge >= 0.3 is 0 Å². The van der Waals surface area contributed by atoms with Crippen molar-refractivity contribution in [1.82, 2.24) is 10.3 Å². The normalized spacial score (nSPS) is 18.3. The first-order valence-corrected chi connectivity index (χ1v) is 10.9. The van der Waals surface area contributed by atoms with E-state index in [1.54, 1.807) is 12.3 Å². The van der Waals surface area contributed by atoms with E-state index in [1.165, 1.54) is 12.1 Å². The van der Waals surface area contributed by atoms with E-state index < -0.39 is 0 Å². The third-order valence-corrected chi connectivity index (χ3v) is 6.22. The molecule has 1 saturated heterocycles. The minimum atomic E-state index is -0.307. The van der Waals surface area contributed by atoms with E-state index in [1.807, 2.05) is 60.7 Å². The van der Waals surface area contributed by atoms with Gasteiger partial charge in [-0.3, -0.25) is 4.98 Å². The second kappa shape index (κ2) is 8.24. The van der Waals surface area contributed by atoms with Crippen molar-refractivity contribution in [3.05, 3.63) is 107 Å². The minimum absolute atomic E-state index is 0.190. The average molecular weight is 494 g/mol. The largest absolute Gasteiger partial charge is 0.459 e. The van der Waals surface area contributed by atoms with Gasteiger partial charge in [-0.15, -0.1) is 0 Å². The van der Waals surface area contributed by atoms with E-state index in [0.29, 0.717) is 15.3 Å². The topological polar surface area (TPSA) is 41.3 Å². The molecule has 154 valence electrons. The van der Waals surface area contributed by atoms with Gasteiger partial charge in [0.05, 0.1) is 11.7 Å². The highest BCUT2D eigenvalue weighted by Gasteiger charge is 2.42. The van der Waals surface area contributed by atoms with Crippen LogP contribution in [-0.4, -0.2) is 10.1 Å². The molecular weight excluding hydrogens is 477 g/mol. The molecule has 0 amide bonds. The van der Waals surface area contributed by atoms with Crippen LogP contribution in [-0.2, 0) is 0 Å². The molecule has 2 aromatic carbocycles. The molecule has 2 aromatic heterocycles. The van der Waals surface area contributed by atoms with Gasteiger partial charge in [0.15, 0.2) is 5.11 Å². The van der Waals surface area contributed by atoms with Crippen LogP contribution in [0.25, 0.3) is 11.3 Å². The molecule has 1 N–H and O–H groups in total. The van der Waals surface area contributed by atoms with E-state index in [9.17, 15) is 4.39 Å². The molecule has 1 aliphatic heterocycles. The van der Waals surface area contributed by atoms with Gasteiger partial charge in [0.1, 0.15) is 23.4 Å². The average Bonchev–Trinajstić information content (AvgIpc) is 3.39. The summed E-state index contributed by atoms with van der Waals surface area (Å²) in [4.78, 5) is 6.60. The molecule has 3 heterocycles. The quantitative estimate of drug-likeness (QED) is 0.332. The summed E-state index contributed by atoms with van der Waals surface area (Å²) < 4.78 is 20.5. The first-order valence-electron chi connectivity index (χ1n) is 9.72. The molecule has 1 fully saturated rings. The zero-order valence-electron chi connectivity index (χ0n) is 16.2. The van der Waals surface area contributed by atoms with Gasteiger partial charge in [0.25, 0.3) is 0 Å². The predicted octanol–water partition coefficient (Wildman–Crippen LogP) is 6.42. The number of furan rings is 1. The van der Waals surface area contributed by atoms with E-state index in [2.05, 4.69) is 31.1 Å². The van der Waals surface area contributed by atoms with Crippen molar-refractivity contribution in [3.8, 4) is 11.3 Å². The predicted molar refractivity (Wildman–Crippen MR) is 126 cm³/mol.